The van der Waals surface area contributed by atoms with Crippen molar-refractivity contribution in [2.24, 2.45) is 11.7 Å². The molecule has 0 aromatic heterocycles. The number of nitro benzene ring substituents is 1. The molecule has 2 unspecified atom stereocenters. The van der Waals surface area contributed by atoms with Gasteiger partial charge in [-0.1, -0.05) is 19.1 Å². The average molecular weight is 234 g/mol. The molecule has 1 fully saturated rings. The lowest BCUT2D eigenvalue weighted by Gasteiger charge is -2.23. The van der Waals surface area contributed by atoms with Crippen LogP contribution in [0.1, 0.15) is 31.7 Å². The van der Waals surface area contributed by atoms with Gasteiger partial charge >= 0.3 is 0 Å². The number of nitro groups is 1. The monoisotopic (exact) mass is 234 g/mol. The number of non-ortho nitro benzene ring substituents is 1. The summed E-state index contributed by atoms with van der Waals surface area (Å²) in [6.07, 6.45) is 3.91. The number of benzene rings is 1. The maximum Gasteiger partial charge on any atom is 0.269 e. The number of hydrogen-bond donors (Lipinski definition) is 1. The van der Waals surface area contributed by atoms with Crippen molar-refractivity contribution in [1.82, 2.24) is 0 Å². The van der Waals surface area contributed by atoms with Gasteiger partial charge in [0.2, 0.25) is 0 Å². The Morgan fingerprint density at radius 2 is 2.35 bits per heavy atom. The zero-order valence-electron chi connectivity index (χ0n) is 10.1. The second-order valence-corrected chi connectivity index (χ2v) is 5.31. The molecule has 1 aliphatic rings. The standard InChI is InChI=1S/C13H18N2O2/c1-10-5-6-13(14,8-10)9-11-3-2-4-12(7-11)15(16)17/h2-4,7,10H,5-6,8-9,14H2,1H3. The van der Waals surface area contributed by atoms with Crippen LogP contribution in [0.15, 0.2) is 24.3 Å². The van der Waals surface area contributed by atoms with E-state index in [1.54, 1.807) is 12.1 Å². The van der Waals surface area contributed by atoms with Crippen molar-refractivity contribution in [3.05, 3.63) is 39.9 Å². The van der Waals surface area contributed by atoms with E-state index >= 15 is 0 Å². The highest BCUT2D eigenvalue weighted by atomic mass is 16.6. The van der Waals surface area contributed by atoms with Crippen LogP contribution in [0, 0.1) is 16.0 Å². The van der Waals surface area contributed by atoms with Crippen LogP contribution in [-0.4, -0.2) is 10.5 Å². The van der Waals surface area contributed by atoms with Gasteiger partial charge in [0.15, 0.2) is 0 Å². The predicted molar refractivity (Wildman–Crippen MR) is 66.7 cm³/mol. The summed E-state index contributed by atoms with van der Waals surface area (Å²) in [6, 6.07) is 6.81. The Hall–Kier alpha value is -1.42. The molecule has 0 bridgehead atoms. The smallest absolute Gasteiger partial charge is 0.269 e. The van der Waals surface area contributed by atoms with Crippen LogP contribution in [0.3, 0.4) is 0 Å². The highest BCUT2D eigenvalue weighted by Gasteiger charge is 2.33. The van der Waals surface area contributed by atoms with Crippen molar-refractivity contribution < 1.29 is 4.92 Å². The van der Waals surface area contributed by atoms with E-state index in [1.807, 2.05) is 6.07 Å². The fourth-order valence-electron chi connectivity index (χ4n) is 2.78. The Balaban J connectivity index is 2.13. The van der Waals surface area contributed by atoms with Crippen molar-refractivity contribution in [2.75, 3.05) is 0 Å². The SMILES string of the molecule is CC1CCC(N)(Cc2cccc([N+](=O)[O-])c2)C1. The Kier molecular flexibility index (Phi) is 3.15. The number of nitrogens with zero attached hydrogens (tertiary/aromatic N) is 1. The molecule has 2 atom stereocenters. The van der Waals surface area contributed by atoms with Gasteiger partial charge in [-0.05, 0) is 37.2 Å². The van der Waals surface area contributed by atoms with Crippen LogP contribution in [0.2, 0.25) is 0 Å². The summed E-state index contributed by atoms with van der Waals surface area (Å²) in [5.74, 6) is 0.665. The van der Waals surface area contributed by atoms with Gasteiger partial charge in [-0.2, -0.15) is 0 Å². The Bertz CT molecular complexity index is 433. The van der Waals surface area contributed by atoms with Gasteiger partial charge in [-0.25, -0.2) is 0 Å². The Morgan fingerprint density at radius 3 is 2.94 bits per heavy atom. The van der Waals surface area contributed by atoms with Crippen molar-refractivity contribution in [1.29, 1.82) is 0 Å². The third-order valence-electron chi connectivity index (χ3n) is 3.57. The molecular weight excluding hydrogens is 216 g/mol. The lowest BCUT2D eigenvalue weighted by molar-refractivity contribution is -0.384. The van der Waals surface area contributed by atoms with Gasteiger partial charge < -0.3 is 5.73 Å². The van der Waals surface area contributed by atoms with E-state index in [1.165, 1.54) is 6.07 Å². The fraction of sp³-hybridized carbons (Fsp3) is 0.538. The third kappa shape index (κ3) is 2.82. The molecule has 17 heavy (non-hydrogen) atoms. The molecule has 0 heterocycles. The zero-order valence-corrected chi connectivity index (χ0v) is 10.1. The lowest BCUT2D eigenvalue weighted by atomic mass is 9.89. The maximum absolute atomic E-state index is 10.7. The number of rotatable bonds is 3. The molecule has 0 spiro atoms. The second kappa shape index (κ2) is 4.45. The van der Waals surface area contributed by atoms with Crippen LogP contribution >= 0.6 is 0 Å². The predicted octanol–water partition coefficient (Wildman–Crippen LogP) is 2.65. The first kappa shape index (κ1) is 12.0. The van der Waals surface area contributed by atoms with Crippen LogP contribution in [-0.2, 0) is 6.42 Å². The summed E-state index contributed by atoms with van der Waals surface area (Å²) < 4.78 is 0. The first-order valence-electron chi connectivity index (χ1n) is 6.01. The van der Waals surface area contributed by atoms with Crippen LogP contribution in [0.4, 0.5) is 5.69 Å². The minimum atomic E-state index is -0.357. The first-order chi connectivity index (χ1) is 7.98. The van der Waals surface area contributed by atoms with E-state index < -0.39 is 0 Å². The summed E-state index contributed by atoms with van der Waals surface area (Å²) in [7, 11) is 0. The van der Waals surface area contributed by atoms with Gasteiger partial charge in [-0.15, -0.1) is 0 Å². The first-order valence-corrected chi connectivity index (χ1v) is 6.01. The number of nitrogens with two attached hydrogens (primary N) is 1. The molecular formula is C13H18N2O2. The summed E-state index contributed by atoms with van der Waals surface area (Å²) in [4.78, 5) is 10.3. The Morgan fingerprint density at radius 1 is 1.59 bits per heavy atom. The quantitative estimate of drug-likeness (QED) is 0.645. The van der Waals surface area contributed by atoms with E-state index in [-0.39, 0.29) is 16.1 Å². The summed E-state index contributed by atoms with van der Waals surface area (Å²) in [6.45, 7) is 2.21. The second-order valence-electron chi connectivity index (χ2n) is 5.31. The molecule has 4 nitrogen and oxygen atoms in total. The zero-order chi connectivity index (χ0) is 12.5. The summed E-state index contributed by atoms with van der Waals surface area (Å²) in [5, 5.41) is 10.7. The molecule has 1 aliphatic carbocycles. The number of hydrogen-bond acceptors (Lipinski definition) is 3. The molecule has 0 saturated heterocycles. The molecule has 0 radical (unpaired) electrons. The van der Waals surface area contributed by atoms with E-state index in [4.69, 9.17) is 5.73 Å². The van der Waals surface area contributed by atoms with Gasteiger partial charge in [0.05, 0.1) is 4.92 Å². The average Bonchev–Trinajstić information content (AvgIpc) is 2.58. The molecule has 2 rings (SSSR count). The minimum Gasteiger partial charge on any atom is -0.325 e. The molecule has 4 heteroatoms. The third-order valence-corrected chi connectivity index (χ3v) is 3.57. The minimum absolute atomic E-state index is 0.150. The topological polar surface area (TPSA) is 69.2 Å². The maximum atomic E-state index is 10.7. The molecule has 92 valence electrons. The van der Waals surface area contributed by atoms with Crippen LogP contribution < -0.4 is 5.73 Å². The van der Waals surface area contributed by atoms with Crippen LogP contribution in [0.25, 0.3) is 0 Å². The van der Waals surface area contributed by atoms with E-state index in [0.717, 1.165) is 31.2 Å². The van der Waals surface area contributed by atoms with Crippen molar-refractivity contribution >= 4 is 5.69 Å². The van der Waals surface area contributed by atoms with E-state index in [0.29, 0.717) is 5.92 Å². The van der Waals surface area contributed by atoms with E-state index in [2.05, 4.69) is 6.92 Å². The Labute approximate surface area is 101 Å². The van der Waals surface area contributed by atoms with Crippen molar-refractivity contribution in [2.45, 2.75) is 38.1 Å². The molecule has 1 aromatic carbocycles. The summed E-state index contributed by atoms with van der Waals surface area (Å²) in [5.41, 5.74) is 7.28. The van der Waals surface area contributed by atoms with Gasteiger partial charge in [0.25, 0.3) is 5.69 Å². The molecule has 0 amide bonds. The van der Waals surface area contributed by atoms with Crippen molar-refractivity contribution in [3.63, 3.8) is 0 Å². The van der Waals surface area contributed by atoms with Crippen LogP contribution in [0.5, 0.6) is 0 Å². The van der Waals surface area contributed by atoms with Gasteiger partial charge in [0, 0.05) is 17.7 Å². The summed E-state index contributed by atoms with van der Waals surface area (Å²) >= 11 is 0. The largest absolute Gasteiger partial charge is 0.325 e. The fourth-order valence-corrected chi connectivity index (χ4v) is 2.78. The molecule has 0 aliphatic heterocycles. The van der Waals surface area contributed by atoms with E-state index in [9.17, 15) is 10.1 Å². The van der Waals surface area contributed by atoms with Crippen molar-refractivity contribution in [3.8, 4) is 0 Å². The highest BCUT2D eigenvalue weighted by Crippen LogP contribution is 2.35. The molecule has 1 aromatic rings. The van der Waals surface area contributed by atoms with Gasteiger partial charge in [-0.3, -0.25) is 10.1 Å². The van der Waals surface area contributed by atoms with Gasteiger partial charge in [0.1, 0.15) is 0 Å². The highest BCUT2D eigenvalue weighted by molar-refractivity contribution is 5.35. The normalized spacial score (nSPS) is 28.2. The molecule has 1 saturated carbocycles. The molecule has 2 N–H and O–H groups in total. The lowest BCUT2D eigenvalue weighted by Crippen LogP contribution is -2.39.